The Morgan fingerprint density at radius 1 is 1.31 bits per heavy atom. The number of halogens is 1. The van der Waals surface area contributed by atoms with Crippen LogP contribution in [0.5, 0.6) is 0 Å². The first-order valence-electron chi connectivity index (χ1n) is 10.4. The zero-order chi connectivity index (χ0) is 20.2. The van der Waals surface area contributed by atoms with E-state index in [0.717, 1.165) is 51.6 Å². The second kappa shape index (κ2) is 15.0. The van der Waals surface area contributed by atoms with E-state index in [2.05, 4.69) is 64.4 Å². The third kappa shape index (κ3) is 9.63. The Morgan fingerprint density at radius 3 is 2.76 bits per heavy atom. The molecule has 0 spiro atoms. The smallest absolute Gasteiger partial charge is 0.193 e. The average molecular weight is 518 g/mol. The summed E-state index contributed by atoms with van der Waals surface area (Å²) in [6, 6.07) is 11.2. The molecule has 1 aromatic rings. The molecule has 0 aliphatic carbocycles. The number of nitrogens with zero attached hydrogens (tertiary/aromatic N) is 3. The number of rotatable bonds is 11. The predicted molar refractivity (Wildman–Crippen MR) is 131 cm³/mol. The second-order valence-corrected chi connectivity index (χ2v) is 7.68. The first-order chi connectivity index (χ1) is 13.6. The van der Waals surface area contributed by atoms with Gasteiger partial charge in [0.1, 0.15) is 0 Å². The van der Waals surface area contributed by atoms with E-state index >= 15 is 0 Å². The molecule has 1 heterocycles. The van der Waals surface area contributed by atoms with Crippen molar-refractivity contribution in [3.63, 3.8) is 0 Å². The Balaban J connectivity index is 0.00000420. The Bertz CT molecular complexity index is 573. The summed E-state index contributed by atoms with van der Waals surface area (Å²) in [4.78, 5) is 9.24. The first kappa shape index (κ1) is 26.1. The summed E-state index contributed by atoms with van der Waals surface area (Å²) in [5.74, 6) is 1.59. The molecule has 7 heteroatoms. The average Bonchev–Trinajstić information content (AvgIpc) is 3.18. The Hall–Kier alpha value is -0.900. The molecular formula is C22H39IN4O2. The van der Waals surface area contributed by atoms with Gasteiger partial charge in [0.05, 0.1) is 19.8 Å². The summed E-state index contributed by atoms with van der Waals surface area (Å²) in [6.07, 6.45) is 2.24. The van der Waals surface area contributed by atoms with Gasteiger partial charge in [-0.1, -0.05) is 30.3 Å². The van der Waals surface area contributed by atoms with Crippen LogP contribution < -0.4 is 5.32 Å². The molecular weight excluding hydrogens is 479 g/mol. The van der Waals surface area contributed by atoms with Gasteiger partial charge in [-0.3, -0.25) is 9.89 Å². The van der Waals surface area contributed by atoms with Crippen LogP contribution in [0.4, 0.5) is 0 Å². The Morgan fingerprint density at radius 2 is 2.07 bits per heavy atom. The van der Waals surface area contributed by atoms with E-state index < -0.39 is 0 Å². The predicted octanol–water partition coefficient (Wildman–Crippen LogP) is 3.08. The van der Waals surface area contributed by atoms with Gasteiger partial charge in [0.2, 0.25) is 0 Å². The number of hydrogen-bond acceptors (Lipinski definition) is 4. The fourth-order valence-corrected chi connectivity index (χ4v) is 3.53. The highest BCUT2D eigenvalue weighted by Crippen LogP contribution is 2.16. The quantitative estimate of drug-likeness (QED) is 0.211. The minimum absolute atomic E-state index is 0. The highest BCUT2D eigenvalue weighted by atomic mass is 127. The lowest BCUT2D eigenvalue weighted by atomic mass is 10.1. The van der Waals surface area contributed by atoms with Gasteiger partial charge < -0.3 is 19.7 Å². The molecule has 0 radical (unpaired) electrons. The largest absolute Gasteiger partial charge is 0.382 e. The lowest BCUT2D eigenvalue weighted by Crippen LogP contribution is -2.42. The standard InChI is InChI=1S/C22H38N4O2.HI/c1-19(25(3)16-20-8-6-5-7-9-20)10-12-24-22(23-2)26-13-11-21(17-26)18-28-15-14-27-4;/h5-9,19,21H,10-18H2,1-4H3,(H,23,24);1H. The monoisotopic (exact) mass is 518 g/mol. The molecule has 0 amide bonds. The molecule has 1 fully saturated rings. The lowest BCUT2D eigenvalue weighted by Gasteiger charge is -2.26. The van der Waals surface area contributed by atoms with Gasteiger partial charge in [-0.15, -0.1) is 24.0 Å². The van der Waals surface area contributed by atoms with Crippen LogP contribution in [-0.4, -0.2) is 82.5 Å². The maximum absolute atomic E-state index is 5.69. The minimum atomic E-state index is 0. The van der Waals surface area contributed by atoms with Crippen molar-refractivity contribution in [2.45, 2.75) is 32.4 Å². The fraction of sp³-hybridized carbons (Fsp3) is 0.682. The lowest BCUT2D eigenvalue weighted by molar-refractivity contribution is 0.0536. The van der Waals surface area contributed by atoms with E-state index in [1.807, 2.05) is 7.05 Å². The van der Waals surface area contributed by atoms with E-state index in [-0.39, 0.29) is 24.0 Å². The molecule has 1 aliphatic heterocycles. The molecule has 2 atom stereocenters. The van der Waals surface area contributed by atoms with Crippen LogP contribution in [0.1, 0.15) is 25.3 Å². The summed E-state index contributed by atoms with van der Waals surface area (Å²) < 4.78 is 10.7. The van der Waals surface area contributed by atoms with Gasteiger partial charge in [0, 0.05) is 52.3 Å². The summed E-state index contributed by atoms with van der Waals surface area (Å²) in [5, 5.41) is 3.55. The van der Waals surface area contributed by atoms with Crippen LogP contribution in [-0.2, 0) is 16.0 Å². The van der Waals surface area contributed by atoms with Crippen molar-refractivity contribution in [2.24, 2.45) is 10.9 Å². The van der Waals surface area contributed by atoms with Gasteiger partial charge >= 0.3 is 0 Å². The van der Waals surface area contributed by atoms with E-state index in [1.165, 1.54) is 5.56 Å². The van der Waals surface area contributed by atoms with Crippen LogP contribution >= 0.6 is 24.0 Å². The third-order valence-corrected chi connectivity index (χ3v) is 5.46. The topological polar surface area (TPSA) is 49.3 Å². The van der Waals surface area contributed by atoms with Crippen LogP contribution in [0, 0.1) is 5.92 Å². The van der Waals surface area contributed by atoms with Crippen molar-refractivity contribution in [3.8, 4) is 0 Å². The Labute approximate surface area is 194 Å². The molecule has 29 heavy (non-hydrogen) atoms. The van der Waals surface area contributed by atoms with Gasteiger partial charge in [0.25, 0.3) is 0 Å². The van der Waals surface area contributed by atoms with Gasteiger partial charge in [0.15, 0.2) is 5.96 Å². The van der Waals surface area contributed by atoms with Gasteiger partial charge in [-0.05, 0) is 32.4 Å². The van der Waals surface area contributed by atoms with Crippen molar-refractivity contribution < 1.29 is 9.47 Å². The van der Waals surface area contributed by atoms with Crippen LogP contribution in [0.3, 0.4) is 0 Å². The van der Waals surface area contributed by atoms with E-state index in [1.54, 1.807) is 7.11 Å². The zero-order valence-electron chi connectivity index (χ0n) is 18.5. The highest BCUT2D eigenvalue weighted by Gasteiger charge is 2.25. The maximum Gasteiger partial charge on any atom is 0.193 e. The fourth-order valence-electron chi connectivity index (χ4n) is 3.53. The van der Waals surface area contributed by atoms with Crippen LogP contribution in [0.2, 0.25) is 0 Å². The SMILES string of the molecule is CN=C(NCCC(C)N(C)Cc1ccccc1)N1CCC(COCCOC)C1.I. The molecule has 6 nitrogen and oxygen atoms in total. The molecule has 2 rings (SSSR count). The minimum Gasteiger partial charge on any atom is -0.382 e. The van der Waals surface area contributed by atoms with E-state index in [4.69, 9.17) is 9.47 Å². The van der Waals surface area contributed by atoms with Crippen LogP contribution in [0.15, 0.2) is 35.3 Å². The van der Waals surface area contributed by atoms with Crippen molar-refractivity contribution >= 4 is 29.9 Å². The number of nitrogens with one attached hydrogen (secondary N) is 1. The number of likely N-dealkylation sites (tertiary alicyclic amines) is 1. The van der Waals surface area contributed by atoms with Crippen molar-refractivity contribution in [3.05, 3.63) is 35.9 Å². The van der Waals surface area contributed by atoms with Crippen LogP contribution in [0.25, 0.3) is 0 Å². The normalized spacial score (nSPS) is 18.0. The molecule has 1 aliphatic rings. The molecule has 0 aromatic heterocycles. The number of aliphatic imine (C=N–C) groups is 1. The molecule has 1 N–H and O–H groups in total. The number of guanidine groups is 1. The van der Waals surface area contributed by atoms with Crippen molar-refractivity contribution in [2.75, 3.05) is 60.7 Å². The zero-order valence-corrected chi connectivity index (χ0v) is 20.8. The number of hydrogen-bond donors (Lipinski definition) is 1. The van der Waals surface area contributed by atoms with Gasteiger partial charge in [-0.2, -0.15) is 0 Å². The molecule has 166 valence electrons. The summed E-state index contributed by atoms with van der Waals surface area (Å²) in [6.45, 7) is 8.39. The number of methoxy groups -OCH3 is 1. The second-order valence-electron chi connectivity index (χ2n) is 7.68. The third-order valence-electron chi connectivity index (χ3n) is 5.46. The van der Waals surface area contributed by atoms with Crippen molar-refractivity contribution in [1.82, 2.24) is 15.1 Å². The summed E-state index contributed by atoms with van der Waals surface area (Å²) in [5.41, 5.74) is 1.36. The maximum atomic E-state index is 5.69. The summed E-state index contributed by atoms with van der Waals surface area (Å²) in [7, 11) is 5.77. The van der Waals surface area contributed by atoms with E-state index in [9.17, 15) is 0 Å². The molecule has 0 saturated carbocycles. The number of ether oxygens (including phenoxy) is 2. The van der Waals surface area contributed by atoms with Gasteiger partial charge in [-0.25, -0.2) is 0 Å². The molecule has 1 aromatic carbocycles. The first-order valence-corrected chi connectivity index (χ1v) is 10.4. The Kier molecular flexibility index (Phi) is 13.5. The van der Waals surface area contributed by atoms with Crippen molar-refractivity contribution in [1.29, 1.82) is 0 Å². The molecule has 1 saturated heterocycles. The molecule has 0 bridgehead atoms. The molecule has 2 unspecified atom stereocenters. The highest BCUT2D eigenvalue weighted by molar-refractivity contribution is 14.0. The van der Waals surface area contributed by atoms with E-state index in [0.29, 0.717) is 25.2 Å². The number of benzene rings is 1. The summed E-state index contributed by atoms with van der Waals surface area (Å²) >= 11 is 0.